The predicted octanol–water partition coefficient (Wildman–Crippen LogP) is 6.51. The second-order valence-electron chi connectivity index (χ2n) is 9.51. The van der Waals surface area contributed by atoms with Crippen molar-refractivity contribution >= 4 is 17.0 Å². The Morgan fingerprint density at radius 1 is 0.923 bits per heavy atom. The van der Waals surface area contributed by atoms with Gasteiger partial charge in [0.25, 0.3) is 5.56 Å². The van der Waals surface area contributed by atoms with Crippen molar-refractivity contribution in [1.82, 2.24) is 14.9 Å². The van der Waals surface area contributed by atoms with Crippen LogP contribution in [0.25, 0.3) is 27.7 Å². The lowest BCUT2D eigenvalue weighted by Crippen LogP contribution is -2.35. The number of rotatable bonds is 6. The maximum absolute atomic E-state index is 14.7. The summed E-state index contributed by atoms with van der Waals surface area (Å²) >= 11 is 0. The molecule has 6 nitrogen and oxygen atoms in total. The summed E-state index contributed by atoms with van der Waals surface area (Å²) in [5, 5.41) is 2.80. The highest BCUT2D eigenvalue weighted by Gasteiger charge is 2.30. The minimum absolute atomic E-state index is 0.0764. The fourth-order valence-electron chi connectivity index (χ4n) is 5.40. The van der Waals surface area contributed by atoms with E-state index in [9.17, 15) is 14.0 Å². The molecule has 0 saturated carbocycles. The number of hydrogen-bond donors (Lipinski definition) is 1. The Bertz CT molecular complexity index is 1700. The molecule has 1 aliphatic rings. The van der Waals surface area contributed by atoms with Crippen molar-refractivity contribution in [2.75, 3.05) is 6.61 Å². The van der Waals surface area contributed by atoms with Gasteiger partial charge in [0.2, 0.25) is 0 Å². The lowest BCUT2D eigenvalue weighted by Gasteiger charge is -2.22. The average molecular weight is 520 g/mol. The van der Waals surface area contributed by atoms with E-state index in [2.05, 4.69) is 34.6 Å². The lowest BCUT2D eigenvalue weighted by molar-refractivity contribution is 0.138. The van der Waals surface area contributed by atoms with Gasteiger partial charge in [-0.15, -0.1) is 0 Å². The molecule has 1 aliphatic carbocycles. The number of hydrogen-bond acceptors (Lipinski definition) is 4. The van der Waals surface area contributed by atoms with Crippen molar-refractivity contribution in [2.24, 2.45) is 0 Å². The molecule has 0 fully saturated rings. The number of carbonyl (C=O) groups is 1. The summed E-state index contributed by atoms with van der Waals surface area (Å²) in [7, 11) is 0. The molecule has 1 amide bonds. The smallest absolute Gasteiger partial charge is 0.407 e. The van der Waals surface area contributed by atoms with E-state index in [1.54, 1.807) is 30.3 Å². The van der Waals surface area contributed by atoms with Crippen molar-refractivity contribution in [3.8, 4) is 16.8 Å². The molecule has 0 aliphatic heterocycles. The van der Waals surface area contributed by atoms with Crippen LogP contribution >= 0.6 is 0 Å². The van der Waals surface area contributed by atoms with Gasteiger partial charge in [-0.2, -0.15) is 0 Å². The van der Waals surface area contributed by atoms with Gasteiger partial charge in [-0.25, -0.2) is 14.2 Å². The molecule has 0 saturated heterocycles. The Kier molecular flexibility index (Phi) is 6.40. The first-order valence-electron chi connectivity index (χ1n) is 12.9. The normalized spacial score (nSPS) is 13.1. The van der Waals surface area contributed by atoms with Crippen LogP contribution in [0.1, 0.15) is 42.3 Å². The van der Waals surface area contributed by atoms with Crippen molar-refractivity contribution in [1.29, 1.82) is 0 Å². The molecule has 1 unspecified atom stereocenters. The zero-order valence-corrected chi connectivity index (χ0v) is 21.3. The molecule has 39 heavy (non-hydrogen) atoms. The van der Waals surface area contributed by atoms with E-state index < -0.39 is 23.5 Å². The molecule has 0 spiro atoms. The van der Waals surface area contributed by atoms with Gasteiger partial charge >= 0.3 is 6.09 Å². The van der Waals surface area contributed by atoms with Crippen LogP contribution in [0.3, 0.4) is 0 Å². The molecule has 0 bridgehead atoms. The highest BCUT2D eigenvalue weighted by molar-refractivity contribution is 5.80. The Balaban J connectivity index is 1.31. The van der Waals surface area contributed by atoms with Gasteiger partial charge in [0.05, 0.1) is 17.2 Å². The molecular weight excluding hydrogens is 493 g/mol. The van der Waals surface area contributed by atoms with Crippen molar-refractivity contribution in [3.05, 3.63) is 130 Å². The molecule has 4 aromatic carbocycles. The Morgan fingerprint density at radius 2 is 1.56 bits per heavy atom. The Morgan fingerprint density at radius 3 is 2.23 bits per heavy atom. The molecular formula is C32H26FN3O3. The fraction of sp³-hybridized carbons (Fsp3) is 0.156. The fourth-order valence-corrected chi connectivity index (χ4v) is 5.40. The zero-order chi connectivity index (χ0) is 26.9. The molecule has 0 radical (unpaired) electrons. The van der Waals surface area contributed by atoms with E-state index >= 15 is 0 Å². The quantitative estimate of drug-likeness (QED) is 0.277. The predicted molar refractivity (Wildman–Crippen MR) is 149 cm³/mol. The van der Waals surface area contributed by atoms with Crippen LogP contribution in [-0.2, 0) is 4.74 Å². The van der Waals surface area contributed by atoms with E-state index in [0.717, 1.165) is 22.3 Å². The molecule has 194 valence electrons. The maximum Gasteiger partial charge on any atom is 0.407 e. The van der Waals surface area contributed by atoms with Crippen molar-refractivity contribution in [2.45, 2.75) is 25.3 Å². The van der Waals surface area contributed by atoms with Crippen LogP contribution in [-0.4, -0.2) is 22.3 Å². The SMILES string of the molecule is CCC(NC(=O)OCC1c2ccccc2-c2ccccc21)c1nc2cccc(F)c2c(=O)n1-c1ccccc1. The molecule has 5 aromatic rings. The highest BCUT2D eigenvalue weighted by atomic mass is 19.1. The number of aromatic nitrogens is 2. The molecule has 1 heterocycles. The summed E-state index contributed by atoms with van der Waals surface area (Å²) in [6.45, 7) is 2.05. The second-order valence-corrected chi connectivity index (χ2v) is 9.51. The summed E-state index contributed by atoms with van der Waals surface area (Å²) in [6, 6.07) is 28.9. The number of para-hydroxylation sites is 1. The van der Waals surface area contributed by atoms with Gasteiger partial charge in [-0.05, 0) is 52.9 Å². The third kappa shape index (κ3) is 4.36. The standard InChI is InChI=1S/C32H26FN3O3/c1-2-27(30-34-28-18-10-17-26(33)29(28)31(37)36(30)20-11-4-3-5-12-20)35-32(38)39-19-25-23-15-8-6-13-21(23)22-14-7-9-16-24(22)25/h3-18,25,27H,2,19H2,1H3,(H,35,38). The van der Waals surface area contributed by atoms with Crippen LogP contribution in [0.4, 0.5) is 9.18 Å². The van der Waals surface area contributed by atoms with Gasteiger partial charge in [0.1, 0.15) is 23.6 Å². The van der Waals surface area contributed by atoms with E-state index in [-0.39, 0.29) is 23.4 Å². The summed E-state index contributed by atoms with van der Waals surface area (Å²) in [5.74, 6) is -0.411. The van der Waals surface area contributed by atoms with Gasteiger partial charge in [-0.1, -0.05) is 79.7 Å². The number of ether oxygens (including phenoxy) is 1. The van der Waals surface area contributed by atoms with Crippen molar-refractivity contribution in [3.63, 3.8) is 0 Å². The number of nitrogens with zero attached hydrogens (tertiary/aromatic N) is 2. The molecule has 6 rings (SSSR count). The van der Waals surface area contributed by atoms with Gasteiger partial charge in [0.15, 0.2) is 0 Å². The molecule has 7 heteroatoms. The molecule has 1 aromatic heterocycles. The van der Waals surface area contributed by atoms with Gasteiger partial charge in [0, 0.05) is 5.92 Å². The van der Waals surface area contributed by atoms with Crippen molar-refractivity contribution < 1.29 is 13.9 Å². The number of fused-ring (bicyclic) bond motifs is 4. The zero-order valence-electron chi connectivity index (χ0n) is 21.3. The number of carbonyl (C=O) groups excluding carboxylic acids is 1. The highest BCUT2D eigenvalue weighted by Crippen LogP contribution is 2.44. The van der Waals surface area contributed by atoms with Crippen LogP contribution in [0.5, 0.6) is 0 Å². The first-order chi connectivity index (χ1) is 19.1. The minimum atomic E-state index is -0.652. The maximum atomic E-state index is 14.7. The monoisotopic (exact) mass is 519 g/mol. The number of amides is 1. The third-order valence-corrected chi connectivity index (χ3v) is 7.24. The second kappa shape index (κ2) is 10.2. The summed E-state index contributed by atoms with van der Waals surface area (Å²) < 4.78 is 21.8. The first-order valence-corrected chi connectivity index (χ1v) is 12.9. The number of nitrogens with one attached hydrogen (secondary N) is 1. The van der Waals surface area contributed by atoms with Crippen LogP contribution in [0.15, 0.2) is 102 Å². The van der Waals surface area contributed by atoms with E-state index in [1.807, 2.05) is 37.3 Å². The van der Waals surface area contributed by atoms with Crippen LogP contribution in [0.2, 0.25) is 0 Å². The average Bonchev–Trinajstić information content (AvgIpc) is 3.28. The largest absolute Gasteiger partial charge is 0.449 e. The number of alkyl carbamates (subject to hydrolysis) is 1. The summed E-state index contributed by atoms with van der Waals surface area (Å²) in [6.07, 6.45) is -0.179. The summed E-state index contributed by atoms with van der Waals surface area (Å²) in [4.78, 5) is 31.3. The Hall–Kier alpha value is -4.78. The van der Waals surface area contributed by atoms with Gasteiger partial charge in [-0.3, -0.25) is 9.36 Å². The Labute approximate surface area is 224 Å². The van der Waals surface area contributed by atoms with E-state index in [0.29, 0.717) is 17.9 Å². The minimum Gasteiger partial charge on any atom is -0.449 e. The first kappa shape index (κ1) is 24.6. The van der Waals surface area contributed by atoms with E-state index in [4.69, 9.17) is 4.74 Å². The third-order valence-electron chi connectivity index (χ3n) is 7.24. The molecule has 1 atom stereocenters. The topological polar surface area (TPSA) is 73.2 Å². The summed E-state index contributed by atoms with van der Waals surface area (Å²) in [5.41, 5.74) is 4.76. The van der Waals surface area contributed by atoms with E-state index in [1.165, 1.54) is 16.7 Å². The number of halogens is 1. The lowest BCUT2D eigenvalue weighted by atomic mass is 9.98. The molecule has 1 N–H and O–H groups in total. The van der Waals surface area contributed by atoms with Crippen LogP contribution in [0, 0.1) is 5.82 Å². The number of benzene rings is 4. The van der Waals surface area contributed by atoms with Gasteiger partial charge < -0.3 is 10.1 Å². The van der Waals surface area contributed by atoms with Crippen LogP contribution < -0.4 is 10.9 Å².